The number of anilines is 1. The number of cyclic esters (lactones) is 1. The van der Waals surface area contributed by atoms with Crippen LogP contribution in [0.4, 0.5) is 5.69 Å². The number of hydrogen-bond donors (Lipinski definition) is 1. The van der Waals surface area contributed by atoms with Crippen LogP contribution in [0, 0.1) is 11.3 Å². The molecule has 0 amide bonds. The lowest BCUT2D eigenvalue weighted by molar-refractivity contribution is -0.253. The first kappa shape index (κ1) is 19.8. The van der Waals surface area contributed by atoms with Gasteiger partial charge in [0, 0.05) is 16.0 Å². The van der Waals surface area contributed by atoms with Crippen LogP contribution in [0.15, 0.2) is 59.5 Å². The summed E-state index contributed by atoms with van der Waals surface area (Å²) in [6.45, 7) is 7.97. The summed E-state index contributed by atoms with van der Waals surface area (Å²) in [5.74, 6) is -0.639. The van der Waals surface area contributed by atoms with E-state index in [9.17, 15) is 4.79 Å². The summed E-state index contributed by atoms with van der Waals surface area (Å²) >= 11 is 1.59. The average Bonchev–Trinajstić information content (AvgIpc) is 2.62. The molecular formula is C22H27NO3S. The minimum atomic E-state index is -0.542. The molecule has 0 radical (unpaired) electrons. The highest BCUT2D eigenvalue weighted by Crippen LogP contribution is 2.47. The molecule has 1 aliphatic heterocycles. The first-order valence-corrected chi connectivity index (χ1v) is 10.1. The number of esters is 1. The molecule has 2 aromatic rings. The number of ether oxygens (including phenoxy) is 2. The maximum Gasteiger partial charge on any atom is 0.315 e. The molecular weight excluding hydrogens is 358 g/mol. The molecule has 144 valence electrons. The third kappa shape index (κ3) is 4.47. The van der Waals surface area contributed by atoms with Crippen LogP contribution in [0.1, 0.15) is 38.5 Å². The number of nitrogens with two attached hydrogens (primary N) is 1. The standard InChI is InChI=1S/C22H27NO3S/c1-14-18(20(24)26-21(25-14)22(2,3)4)19(15-10-6-5-7-11-15)27-17-13-9-8-12-16(17)23/h5-14,18-19,21H,23H2,1-4H3/t14-,18+,19+,21-/m1/s1. The van der Waals surface area contributed by atoms with Crippen LogP contribution in [0.2, 0.25) is 0 Å². The molecule has 0 saturated carbocycles. The molecule has 1 aliphatic rings. The number of hydrogen-bond acceptors (Lipinski definition) is 5. The van der Waals surface area contributed by atoms with Gasteiger partial charge < -0.3 is 15.2 Å². The van der Waals surface area contributed by atoms with Gasteiger partial charge in [0.1, 0.15) is 0 Å². The largest absolute Gasteiger partial charge is 0.435 e. The van der Waals surface area contributed by atoms with Gasteiger partial charge in [0.25, 0.3) is 0 Å². The van der Waals surface area contributed by atoms with E-state index in [0.29, 0.717) is 5.69 Å². The van der Waals surface area contributed by atoms with E-state index in [1.165, 1.54) is 0 Å². The monoisotopic (exact) mass is 385 g/mol. The molecule has 0 spiro atoms. The zero-order valence-corrected chi connectivity index (χ0v) is 17.0. The lowest BCUT2D eigenvalue weighted by Crippen LogP contribution is -2.48. The fraction of sp³-hybridized carbons (Fsp3) is 0.409. The van der Waals surface area contributed by atoms with E-state index >= 15 is 0 Å². The number of rotatable bonds is 4. The minimum absolute atomic E-state index is 0.153. The molecule has 2 aromatic carbocycles. The summed E-state index contributed by atoms with van der Waals surface area (Å²) in [4.78, 5) is 14.0. The summed E-state index contributed by atoms with van der Waals surface area (Å²) in [5, 5.41) is -0.153. The number of para-hydroxylation sites is 1. The van der Waals surface area contributed by atoms with Crippen molar-refractivity contribution in [3.05, 3.63) is 60.2 Å². The highest BCUT2D eigenvalue weighted by atomic mass is 32.2. The van der Waals surface area contributed by atoms with Crippen LogP contribution in [-0.4, -0.2) is 18.4 Å². The molecule has 2 N–H and O–H groups in total. The maximum atomic E-state index is 13.0. The predicted octanol–water partition coefficient (Wildman–Crippen LogP) is 5.05. The van der Waals surface area contributed by atoms with Crippen LogP contribution in [0.25, 0.3) is 0 Å². The number of benzene rings is 2. The van der Waals surface area contributed by atoms with Crippen molar-refractivity contribution in [2.45, 2.75) is 50.2 Å². The summed E-state index contributed by atoms with van der Waals surface area (Å²) in [7, 11) is 0. The lowest BCUT2D eigenvalue weighted by atomic mass is 9.90. The average molecular weight is 386 g/mol. The first-order valence-electron chi connectivity index (χ1n) is 9.19. The Bertz CT molecular complexity index is 788. The van der Waals surface area contributed by atoms with Gasteiger partial charge in [0.05, 0.1) is 17.3 Å². The summed E-state index contributed by atoms with van der Waals surface area (Å²) in [6, 6.07) is 17.7. The van der Waals surface area contributed by atoms with Gasteiger partial charge in [-0.05, 0) is 24.6 Å². The van der Waals surface area contributed by atoms with Gasteiger partial charge in [-0.15, -0.1) is 11.8 Å². The van der Waals surface area contributed by atoms with E-state index in [1.54, 1.807) is 11.8 Å². The van der Waals surface area contributed by atoms with Crippen molar-refractivity contribution < 1.29 is 14.3 Å². The van der Waals surface area contributed by atoms with Gasteiger partial charge in [-0.25, -0.2) is 0 Å². The van der Waals surface area contributed by atoms with Gasteiger partial charge in [-0.2, -0.15) is 0 Å². The van der Waals surface area contributed by atoms with E-state index < -0.39 is 12.2 Å². The van der Waals surface area contributed by atoms with Crippen LogP contribution >= 0.6 is 11.8 Å². The van der Waals surface area contributed by atoms with Crippen molar-refractivity contribution in [2.75, 3.05) is 5.73 Å². The zero-order valence-electron chi connectivity index (χ0n) is 16.2. The quantitative estimate of drug-likeness (QED) is 0.453. The fourth-order valence-electron chi connectivity index (χ4n) is 3.15. The zero-order chi connectivity index (χ0) is 19.6. The predicted molar refractivity (Wildman–Crippen MR) is 109 cm³/mol. The Labute approximate surface area is 165 Å². The molecule has 4 nitrogen and oxygen atoms in total. The SMILES string of the molecule is C[C@H]1O[C@@H](C(C)(C)C)OC(=O)[C@@H]1[C@@H](Sc1ccccc1N)c1ccccc1. The molecule has 0 unspecified atom stereocenters. The number of thioether (sulfide) groups is 1. The molecule has 1 heterocycles. The van der Waals surface area contributed by atoms with Gasteiger partial charge in [-0.1, -0.05) is 63.2 Å². The van der Waals surface area contributed by atoms with E-state index in [2.05, 4.69) is 0 Å². The number of carbonyl (C=O) groups excluding carboxylic acids is 1. The summed E-state index contributed by atoms with van der Waals surface area (Å²) in [6.07, 6.45) is -0.808. The van der Waals surface area contributed by atoms with Crippen molar-refractivity contribution >= 4 is 23.4 Å². The van der Waals surface area contributed by atoms with Crippen LogP contribution in [-0.2, 0) is 14.3 Å². The third-order valence-corrected chi connectivity index (χ3v) is 6.12. The Hall–Kier alpha value is -1.98. The Morgan fingerprint density at radius 1 is 1.04 bits per heavy atom. The topological polar surface area (TPSA) is 61.5 Å². The second kappa shape index (κ2) is 7.95. The van der Waals surface area contributed by atoms with E-state index in [1.807, 2.05) is 82.3 Å². The molecule has 0 bridgehead atoms. The highest BCUT2D eigenvalue weighted by molar-refractivity contribution is 7.99. The van der Waals surface area contributed by atoms with Crippen LogP contribution in [0.5, 0.6) is 0 Å². The molecule has 0 aromatic heterocycles. The normalized spacial score (nSPS) is 24.3. The Balaban J connectivity index is 1.94. The molecule has 1 fully saturated rings. The van der Waals surface area contributed by atoms with Crippen LogP contribution in [0.3, 0.4) is 0 Å². The molecule has 5 heteroatoms. The van der Waals surface area contributed by atoms with Crippen molar-refractivity contribution in [3.63, 3.8) is 0 Å². The fourth-order valence-corrected chi connectivity index (χ4v) is 4.56. The van der Waals surface area contributed by atoms with E-state index in [4.69, 9.17) is 15.2 Å². The van der Waals surface area contributed by atoms with Gasteiger partial charge >= 0.3 is 5.97 Å². The van der Waals surface area contributed by atoms with Crippen molar-refractivity contribution in [1.29, 1.82) is 0 Å². The molecule has 27 heavy (non-hydrogen) atoms. The van der Waals surface area contributed by atoms with Gasteiger partial charge in [0.2, 0.25) is 6.29 Å². The first-order chi connectivity index (χ1) is 12.8. The maximum absolute atomic E-state index is 13.0. The molecule has 4 atom stereocenters. The summed E-state index contributed by atoms with van der Waals surface area (Å²) in [5.41, 5.74) is 7.64. The molecule has 1 saturated heterocycles. The second-order valence-corrected chi connectivity index (χ2v) is 9.17. The van der Waals surface area contributed by atoms with E-state index in [0.717, 1.165) is 10.5 Å². The van der Waals surface area contributed by atoms with E-state index in [-0.39, 0.29) is 22.7 Å². The Morgan fingerprint density at radius 3 is 2.26 bits per heavy atom. The molecule has 0 aliphatic carbocycles. The minimum Gasteiger partial charge on any atom is -0.435 e. The van der Waals surface area contributed by atoms with Crippen LogP contribution < -0.4 is 5.73 Å². The Morgan fingerprint density at radius 2 is 1.67 bits per heavy atom. The van der Waals surface area contributed by atoms with Crippen molar-refractivity contribution in [2.24, 2.45) is 11.3 Å². The third-order valence-electron chi connectivity index (χ3n) is 4.67. The smallest absolute Gasteiger partial charge is 0.315 e. The van der Waals surface area contributed by atoms with Crippen molar-refractivity contribution in [1.82, 2.24) is 0 Å². The number of carbonyl (C=O) groups is 1. The second-order valence-electron chi connectivity index (χ2n) is 7.99. The lowest BCUT2D eigenvalue weighted by Gasteiger charge is -2.41. The van der Waals surface area contributed by atoms with Gasteiger partial charge in [0.15, 0.2) is 0 Å². The summed E-state index contributed by atoms with van der Waals surface area (Å²) < 4.78 is 11.8. The Kier molecular flexibility index (Phi) is 5.82. The number of nitrogen functional groups attached to an aromatic ring is 1. The molecule has 3 rings (SSSR count). The van der Waals surface area contributed by atoms with Crippen molar-refractivity contribution in [3.8, 4) is 0 Å². The highest BCUT2D eigenvalue weighted by Gasteiger charge is 2.46. The van der Waals surface area contributed by atoms with Gasteiger partial charge in [-0.3, -0.25) is 4.79 Å².